The molecule has 0 spiro atoms. The van der Waals surface area contributed by atoms with Crippen molar-refractivity contribution < 1.29 is 39.2 Å². The predicted molar refractivity (Wildman–Crippen MR) is 110 cm³/mol. The second kappa shape index (κ2) is 10.6. The van der Waals surface area contributed by atoms with Crippen LogP contribution in [0.1, 0.15) is 30.8 Å². The Hall–Kier alpha value is -3.27. The fourth-order valence-electron chi connectivity index (χ4n) is 2.90. The van der Waals surface area contributed by atoms with E-state index in [9.17, 15) is 34.8 Å². The Bertz CT molecular complexity index is 1220. The molecule has 0 aliphatic heterocycles. The van der Waals surface area contributed by atoms with Gasteiger partial charge in [-0.2, -0.15) is 26.3 Å². The van der Waals surface area contributed by atoms with E-state index in [1.165, 1.54) is 19.1 Å². The van der Waals surface area contributed by atoms with Crippen LogP contribution in [0.2, 0.25) is 0 Å². The van der Waals surface area contributed by atoms with Gasteiger partial charge in [0.2, 0.25) is 16.0 Å². The first-order valence-electron chi connectivity index (χ1n) is 9.88. The lowest BCUT2D eigenvalue weighted by atomic mass is 10.1. The van der Waals surface area contributed by atoms with Crippen molar-refractivity contribution in [2.24, 2.45) is 0 Å². The highest BCUT2D eigenvalue weighted by Crippen LogP contribution is 2.26. The first-order chi connectivity index (χ1) is 16.4. The monoisotopic (exact) mass is 524 g/mol. The summed E-state index contributed by atoms with van der Waals surface area (Å²) in [5, 5.41) is 9.36. The van der Waals surface area contributed by atoms with Gasteiger partial charge in [-0.25, -0.2) is 22.8 Å². The molecule has 0 fully saturated rings. The van der Waals surface area contributed by atoms with Crippen molar-refractivity contribution in [3.8, 4) is 11.5 Å². The number of hydrogen-bond donors (Lipinski definition) is 1. The van der Waals surface area contributed by atoms with Crippen LogP contribution in [-0.2, 0) is 10.0 Å². The predicted octanol–water partition coefficient (Wildman–Crippen LogP) is 3.97. The van der Waals surface area contributed by atoms with Crippen LogP contribution in [0, 0.1) is 5.82 Å². The molecule has 16 heteroatoms. The van der Waals surface area contributed by atoms with Gasteiger partial charge in [-0.1, -0.05) is 12.1 Å². The summed E-state index contributed by atoms with van der Waals surface area (Å²) in [6, 6.07) is 3.56. The van der Waals surface area contributed by atoms with Crippen molar-refractivity contribution in [2.75, 3.05) is 24.2 Å². The fraction of sp³-hybridized carbons (Fsp3) is 0.368. The molecule has 0 aliphatic carbocycles. The van der Waals surface area contributed by atoms with Crippen LogP contribution in [0.4, 0.5) is 32.3 Å². The average Bonchev–Trinajstić information content (AvgIpc) is 3.29. The highest BCUT2D eigenvalue weighted by Gasteiger charge is 2.37. The number of nitrogens with one attached hydrogen (secondary N) is 1. The van der Waals surface area contributed by atoms with Crippen molar-refractivity contribution in [2.45, 2.75) is 25.6 Å². The third-order valence-corrected chi connectivity index (χ3v) is 6.40. The van der Waals surface area contributed by atoms with Gasteiger partial charge in [-0.15, -0.1) is 10.2 Å². The van der Waals surface area contributed by atoms with Gasteiger partial charge in [-0.3, -0.25) is 0 Å². The van der Waals surface area contributed by atoms with Crippen molar-refractivity contribution in [1.29, 1.82) is 0 Å². The van der Waals surface area contributed by atoms with Gasteiger partial charge in [0.1, 0.15) is 12.4 Å². The van der Waals surface area contributed by atoms with Crippen molar-refractivity contribution in [3.05, 3.63) is 53.9 Å². The molecule has 0 aliphatic rings. The number of rotatable bonds is 10. The molecule has 2 aromatic heterocycles. The first kappa shape index (κ1) is 26.3. The highest BCUT2D eigenvalue weighted by atomic mass is 32.2. The van der Waals surface area contributed by atoms with Gasteiger partial charge in [0, 0.05) is 18.9 Å². The molecule has 1 atom stereocenters. The molecule has 0 radical (unpaired) electrons. The maximum Gasteiger partial charge on any atom is 0.402 e. The van der Waals surface area contributed by atoms with E-state index in [0.29, 0.717) is 0 Å². The van der Waals surface area contributed by atoms with Gasteiger partial charge in [0.15, 0.2) is 0 Å². The normalized spacial score (nSPS) is 13.4. The summed E-state index contributed by atoms with van der Waals surface area (Å²) in [6.45, 7) is -1.20. The molecule has 9 nitrogen and oxygen atoms in total. The molecule has 0 saturated heterocycles. The Labute approximate surface area is 195 Å². The fourth-order valence-corrected chi connectivity index (χ4v) is 3.98. The van der Waals surface area contributed by atoms with E-state index >= 15 is 0 Å². The number of hydrogen-bond acceptors (Lipinski definition) is 8. The van der Waals surface area contributed by atoms with E-state index in [2.05, 4.69) is 25.5 Å². The Balaban J connectivity index is 1.89. The number of aromatic nitrogens is 4. The molecule has 35 heavy (non-hydrogen) atoms. The Morgan fingerprint density at radius 1 is 1.09 bits per heavy atom. The van der Waals surface area contributed by atoms with Gasteiger partial charge < -0.3 is 9.73 Å². The number of anilines is 1. The molecule has 1 unspecified atom stereocenters. The smallest absolute Gasteiger partial charge is 0.402 e. The van der Waals surface area contributed by atoms with Crippen LogP contribution >= 0.6 is 0 Å². The van der Waals surface area contributed by atoms with Crippen molar-refractivity contribution in [1.82, 2.24) is 24.5 Å². The Morgan fingerprint density at radius 3 is 2.23 bits per heavy atom. The van der Waals surface area contributed by atoms with Crippen molar-refractivity contribution >= 4 is 16.0 Å². The minimum Gasteiger partial charge on any atom is -0.415 e. The van der Waals surface area contributed by atoms with E-state index in [0.717, 1.165) is 24.5 Å². The third-order valence-electron chi connectivity index (χ3n) is 4.60. The zero-order chi connectivity index (χ0) is 25.8. The molecule has 190 valence electrons. The van der Waals surface area contributed by atoms with E-state index in [4.69, 9.17) is 4.42 Å². The minimum absolute atomic E-state index is 0.0838. The summed E-state index contributed by atoms with van der Waals surface area (Å²) in [5.74, 6) is -2.51. The number of halogens is 6. The Kier molecular flexibility index (Phi) is 7.94. The van der Waals surface area contributed by atoms with Gasteiger partial charge >= 0.3 is 12.6 Å². The molecular weight excluding hydrogens is 506 g/mol. The molecule has 0 saturated carbocycles. The van der Waals surface area contributed by atoms with Crippen LogP contribution in [0.15, 0.2) is 41.1 Å². The van der Waals surface area contributed by atoms with E-state index in [1.807, 2.05) is 0 Å². The van der Waals surface area contributed by atoms with Crippen LogP contribution in [0.25, 0.3) is 11.5 Å². The molecule has 3 aromatic rings. The SMILES string of the molecule is CCS(=O)(=O)N(CC(Nc1ncc(-c2nnc(C(F)F)o2)cn1)c1ccc(F)cc1)CC(F)(F)F. The maximum atomic E-state index is 13.4. The van der Waals surface area contributed by atoms with E-state index in [-0.39, 0.29) is 27.3 Å². The third kappa shape index (κ3) is 7.11. The van der Waals surface area contributed by atoms with E-state index in [1.54, 1.807) is 0 Å². The van der Waals surface area contributed by atoms with Gasteiger partial charge in [-0.05, 0) is 24.6 Å². The van der Waals surface area contributed by atoms with Crippen LogP contribution in [0.5, 0.6) is 0 Å². The number of sulfonamides is 1. The van der Waals surface area contributed by atoms with E-state index < -0.39 is 59.2 Å². The molecule has 0 bridgehead atoms. The molecule has 0 amide bonds. The molecule has 1 N–H and O–H groups in total. The largest absolute Gasteiger partial charge is 0.415 e. The first-order valence-corrected chi connectivity index (χ1v) is 11.5. The van der Waals surface area contributed by atoms with Gasteiger partial charge in [0.25, 0.3) is 11.8 Å². The van der Waals surface area contributed by atoms with Crippen LogP contribution in [-0.4, -0.2) is 57.9 Å². The lowest BCUT2D eigenvalue weighted by molar-refractivity contribution is -0.136. The maximum absolute atomic E-state index is 13.4. The zero-order valence-electron chi connectivity index (χ0n) is 17.9. The number of benzene rings is 1. The average molecular weight is 524 g/mol. The van der Waals surface area contributed by atoms with Crippen LogP contribution in [0.3, 0.4) is 0 Å². The number of nitrogens with zero attached hydrogens (tertiary/aromatic N) is 5. The minimum atomic E-state index is -4.81. The second-order valence-electron chi connectivity index (χ2n) is 7.10. The van der Waals surface area contributed by atoms with Crippen molar-refractivity contribution in [3.63, 3.8) is 0 Å². The van der Waals surface area contributed by atoms with Gasteiger partial charge in [0.05, 0.1) is 17.4 Å². The number of alkyl halides is 5. The quantitative estimate of drug-likeness (QED) is 0.397. The summed E-state index contributed by atoms with van der Waals surface area (Å²) in [4.78, 5) is 7.91. The Morgan fingerprint density at radius 2 is 1.71 bits per heavy atom. The molecule has 2 heterocycles. The molecule has 3 rings (SSSR count). The summed E-state index contributed by atoms with van der Waals surface area (Å²) in [6.07, 6.45) is -5.52. The second-order valence-corrected chi connectivity index (χ2v) is 9.36. The topological polar surface area (TPSA) is 114 Å². The standard InChI is InChI=1S/C19H18F6N6O3S/c1-2-35(32,33)31(10-19(23,24)25)9-14(11-3-5-13(20)6-4-11)28-18-26-7-12(8-27-18)16-29-30-17(34-16)15(21)22/h3-8,14-15H,2,9-10H2,1H3,(H,26,27,28). The lowest BCUT2D eigenvalue weighted by Gasteiger charge is -2.28. The van der Waals surface area contributed by atoms with Crippen LogP contribution < -0.4 is 5.32 Å². The zero-order valence-corrected chi connectivity index (χ0v) is 18.7. The lowest BCUT2D eigenvalue weighted by Crippen LogP contribution is -2.43. The highest BCUT2D eigenvalue weighted by molar-refractivity contribution is 7.89. The molecular formula is C19H18F6N6O3S. The molecule has 1 aromatic carbocycles. The summed E-state index contributed by atoms with van der Waals surface area (Å²) < 4.78 is 108. The summed E-state index contributed by atoms with van der Waals surface area (Å²) in [5.41, 5.74) is 0.344. The summed E-state index contributed by atoms with van der Waals surface area (Å²) in [7, 11) is -4.27. The summed E-state index contributed by atoms with van der Waals surface area (Å²) >= 11 is 0.